The zero-order valence-electron chi connectivity index (χ0n) is 21.5. The number of hydrogen-bond donors (Lipinski definition) is 1. The van der Waals surface area contributed by atoms with Gasteiger partial charge in [0.05, 0.1) is 15.6 Å². The van der Waals surface area contributed by atoms with Crippen LogP contribution in [0.3, 0.4) is 0 Å². The molecule has 38 heavy (non-hydrogen) atoms. The van der Waals surface area contributed by atoms with E-state index in [1.165, 1.54) is 35.2 Å². The van der Waals surface area contributed by atoms with Crippen LogP contribution in [0, 0.1) is 0 Å². The van der Waals surface area contributed by atoms with Crippen molar-refractivity contribution in [1.29, 1.82) is 0 Å². The van der Waals surface area contributed by atoms with Crippen LogP contribution in [-0.4, -0.2) is 43.8 Å². The van der Waals surface area contributed by atoms with Crippen molar-refractivity contribution in [3.05, 3.63) is 94.5 Å². The third-order valence-electron chi connectivity index (χ3n) is 6.15. The first-order valence-corrected chi connectivity index (χ1v) is 14.4. The predicted molar refractivity (Wildman–Crippen MR) is 152 cm³/mol. The Bertz CT molecular complexity index is 1360. The van der Waals surface area contributed by atoms with E-state index in [2.05, 4.69) is 5.32 Å². The molecular formula is C28H31Cl2N3O4S. The largest absolute Gasteiger partial charge is 0.352 e. The second-order valence-corrected chi connectivity index (χ2v) is 11.6. The summed E-state index contributed by atoms with van der Waals surface area (Å²) in [7, 11) is -4.20. The predicted octanol–water partition coefficient (Wildman–Crippen LogP) is 5.52. The molecule has 3 aromatic carbocycles. The average molecular weight is 577 g/mol. The number of anilines is 1. The summed E-state index contributed by atoms with van der Waals surface area (Å²) >= 11 is 12.5. The summed E-state index contributed by atoms with van der Waals surface area (Å²) in [5.74, 6) is -0.892. The SMILES string of the molecule is CC[C@@H](C)NC(=O)[C@@H](C)N(Cc1ccccc1)C(=O)CN(c1ccc(Cl)cc1Cl)S(=O)(=O)c1ccccc1. The Labute approximate surface area is 234 Å². The summed E-state index contributed by atoms with van der Waals surface area (Å²) in [5, 5.41) is 3.30. The van der Waals surface area contributed by atoms with Crippen molar-refractivity contribution in [2.75, 3.05) is 10.8 Å². The van der Waals surface area contributed by atoms with Gasteiger partial charge in [0.1, 0.15) is 12.6 Å². The van der Waals surface area contributed by atoms with E-state index in [0.29, 0.717) is 5.02 Å². The molecule has 0 aliphatic heterocycles. The van der Waals surface area contributed by atoms with Crippen LogP contribution in [0.4, 0.5) is 5.69 Å². The molecule has 3 rings (SSSR count). The van der Waals surface area contributed by atoms with Crippen molar-refractivity contribution in [1.82, 2.24) is 10.2 Å². The van der Waals surface area contributed by atoms with Gasteiger partial charge in [0.15, 0.2) is 0 Å². The van der Waals surface area contributed by atoms with Crippen molar-refractivity contribution in [3.63, 3.8) is 0 Å². The molecule has 0 saturated heterocycles. The third kappa shape index (κ3) is 7.28. The number of benzene rings is 3. The van der Waals surface area contributed by atoms with Crippen LogP contribution in [0.15, 0.2) is 83.8 Å². The van der Waals surface area contributed by atoms with Crippen molar-refractivity contribution in [2.45, 2.75) is 50.7 Å². The lowest BCUT2D eigenvalue weighted by molar-refractivity contribution is -0.139. The van der Waals surface area contributed by atoms with Gasteiger partial charge < -0.3 is 10.2 Å². The highest BCUT2D eigenvalue weighted by Crippen LogP contribution is 2.33. The fraction of sp³-hybridized carbons (Fsp3) is 0.286. The first-order chi connectivity index (χ1) is 18.0. The Balaban J connectivity index is 2.03. The van der Waals surface area contributed by atoms with E-state index in [4.69, 9.17) is 23.2 Å². The molecule has 0 aromatic heterocycles. The maximum Gasteiger partial charge on any atom is 0.264 e. The van der Waals surface area contributed by atoms with Crippen LogP contribution in [0.25, 0.3) is 0 Å². The van der Waals surface area contributed by atoms with E-state index >= 15 is 0 Å². The summed E-state index contributed by atoms with van der Waals surface area (Å²) in [4.78, 5) is 28.3. The van der Waals surface area contributed by atoms with Gasteiger partial charge in [-0.15, -0.1) is 0 Å². The molecule has 3 aromatic rings. The number of carbonyl (C=O) groups excluding carboxylic acids is 2. The van der Waals surface area contributed by atoms with Gasteiger partial charge in [-0.25, -0.2) is 8.42 Å². The van der Waals surface area contributed by atoms with E-state index in [-0.39, 0.29) is 34.1 Å². The Morgan fingerprint density at radius 2 is 1.53 bits per heavy atom. The fourth-order valence-corrected chi connectivity index (χ4v) is 5.76. The molecule has 2 amide bonds. The highest BCUT2D eigenvalue weighted by molar-refractivity contribution is 7.92. The summed E-state index contributed by atoms with van der Waals surface area (Å²) in [6.07, 6.45) is 0.725. The van der Waals surface area contributed by atoms with Crippen LogP contribution in [-0.2, 0) is 26.2 Å². The number of nitrogens with zero attached hydrogens (tertiary/aromatic N) is 2. The average Bonchev–Trinajstić information content (AvgIpc) is 2.91. The monoisotopic (exact) mass is 575 g/mol. The molecule has 10 heteroatoms. The second-order valence-electron chi connectivity index (χ2n) is 8.92. The number of rotatable bonds is 11. The van der Waals surface area contributed by atoms with Gasteiger partial charge in [0.2, 0.25) is 11.8 Å². The zero-order valence-corrected chi connectivity index (χ0v) is 23.8. The molecule has 0 unspecified atom stereocenters. The summed E-state index contributed by atoms with van der Waals surface area (Å²) in [6, 6.07) is 20.4. The molecule has 2 atom stereocenters. The quantitative estimate of drug-likeness (QED) is 0.326. The number of nitrogens with one attached hydrogen (secondary N) is 1. The van der Waals surface area contributed by atoms with Crippen molar-refractivity contribution < 1.29 is 18.0 Å². The normalized spacial score (nSPS) is 12.9. The molecule has 0 radical (unpaired) electrons. The molecular weight excluding hydrogens is 545 g/mol. The molecule has 0 heterocycles. The van der Waals surface area contributed by atoms with E-state index in [0.717, 1.165) is 16.3 Å². The molecule has 0 fully saturated rings. The summed E-state index contributed by atoms with van der Waals surface area (Å²) in [6.45, 7) is 4.99. The third-order valence-corrected chi connectivity index (χ3v) is 8.46. The lowest BCUT2D eigenvalue weighted by Gasteiger charge is -2.32. The zero-order chi connectivity index (χ0) is 27.9. The lowest BCUT2D eigenvalue weighted by Crippen LogP contribution is -2.52. The first kappa shape index (κ1) is 29.5. The first-order valence-electron chi connectivity index (χ1n) is 12.2. The fourth-order valence-electron chi connectivity index (χ4n) is 3.74. The summed E-state index contributed by atoms with van der Waals surface area (Å²) in [5.41, 5.74) is 0.899. The molecule has 7 nitrogen and oxygen atoms in total. The van der Waals surface area contributed by atoms with Gasteiger partial charge in [-0.1, -0.05) is 78.7 Å². The van der Waals surface area contributed by atoms with Crippen LogP contribution in [0.5, 0.6) is 0 Å². The second kappa shape index (κ2) is 13.1. The summed E-state index contributed by atoms with van der Waals surface area (Å²) < 4.78 is 28.5. The lowest BCUT2D eigenvalue weighted by atomic mass is 10.1. The standard InChI is InChI=1S/C28H31Cl2N3O4S/c1-4-20(2)31-28(35)21(3)32(18-22-11-7-5-8-12-22)27(34)19-33(26-16-15-23(29)17-25(26)30)38(36,37)24-13-9-6-10-14-24/h5-17,20-21H,4,18-19H2,1-3H3,(H,31,35)/t20-,21-/m1/s1. The number of hydrogen-bond acceptors (Lipinski definition) is 4. The Morgan fingerprint density at radius 3 is 2.11 bits per heavy atom. The minimum Gasteiger partial charge on any atom is -0.352 e. The molecule has 0 spiro atoms. The van der Waals surface area contributed by atoms with Gasteiger partial charge >= 0.3 is 0 Å². The van der Waals surface area contributed by atoms with Crippen molar-refractivity contribution in [2.24, 2.45) is 0 Å². The van der Waals surface area contributed by atoms with Crippen molar-refractivity contribution in [3.8, 4) is 0 Å². The maximum absolute atomic E-state index is 13.9. The smallest absolute Gasteiger partial charge is 0.264 e. The number of sulfonamides is 1. The van der Waals surface area contributed by atoms with E-state index < -0.39 is 28.5 Å². The van der Waals surface area contributed by atoms with Gasteiger partial charge in [0, 0.05) is 17.6 Å². The minimum atomic E-state index is -4.20. The maximum atomic E-state index is 13.9. The minimum absolute atomic E-state index is 0.00371. The highest BCUT2D eigenvalue weighted by Gasteiger charge is 2.33. The topological polar surface area (TPSA) is 86.8 Å². The Kier molecular flexibility index (Phi) is 10.2. The van der Waals surface area contributed by atoms with E-state index in [1.807, 2.05) is 44.2 Å². The van der Waals surface area contributed by atoms with Crippen LogP contribution in [0.2, 0.25) is 10.0 Å². The molecule has 202 valence electrons. The number of amides is 2. The van der Waals surface area contributed by atoms with Gasteiger partial charge in [0.25, 0.3) is 10.0 Å². The number of halogens is 2. The molecule has 0 aliphatic carbocycles. The van der Waals surface area contributed by atoms with Crippen LogP contribution >= 0.6 is 23.2 Å². The van der Waals surface area contributed by atoms with Gasteiger partial charge in [-0.3, -0.25) is 13.9 Å². The molecule has 0 aliphatic rings. The molecule has 0 saturated carbocycles. The van der Waals surface area contributed by atoms with E-state index in [1.54, 1.807) is 25.1 Å². The van der Waals surface area contributed by atoms with E-state index in [9.17, 15) is 18.0 Å². The van der Waals surface area contributed by atoms with Crippen LogP contribution < -0.4 is 9.62 Å². The number of carbonyl (C=O) groups is 2. The van der Waals surface area contributed by atoms with Crippen molar-refractivity contribution >= 4 is 50.7 Å². The van der Waals surface area contributed by atoms with Gasteiger partial charge in [-0.05, 0) is 56.2 Å². The molecule has 0 bridgehead atoms. The van der Waals surface area contributed by atoms with Crippen LogP contribution in [0.1, 0.15) is 32.8 Å². The Morgan fingerprint density at radius 1 is 0.921 bits per heavy atom. The Hall–Kier alpha value is -3.07. The molecule has 1 N–H and O–H groups in total. The van der Waals surface area contributed by atoms with Gasteiger partial charge in [-0.2, -0.15) is 0 Å². The highest BCUT2D eigenvalue weighted by atomic mass is 35.5.